The van der Waals surface area contributed by atoms with Crippen molar-refractivity contribution in [1.29, 1.82) is 0 Å². The average molecular weight is 447 g/mol. The lowest BCUT2D eigenvalue weighted by Gasteiger charge is -2.15. The van der Waals surface area contributed by atoms with E-state index in [1.807, 2.05) is 19.0 Å². The van der Waals surface area contributed by atoms with E-state index < -0.39 is 17.9 Å². The first-order chi connectivity index (χ1) is 14.6. The predicted octanol–water partition coefficient (Wildman–Crippen LogP) is 3.95. The molecule has 31 heavy (non-hydrogen) atoms. The number of aromatic nitrogens is 1. The Morgan fingerprint density at radius 2 is 1.87 bits per heavy atom. The van der Waals surface area contributed by atoms with E-state index >= 15 is 0 Å². The maximum absolute atomic E-state index is 14.8. The third kappa shape index (κ3) is 4.63. The topological polar surface area (TPSA) is 71.8 Å². The van der Waals surface area contributed by atoms with Crippen LogP contribution in [-0.2, 0) is 22.5 Å². The molecule has 3 aromatic rings. The van der Waals surface area contributed by atoms with Gasteiger partial charge in [0.15, 0.2) is 0 Å². The second kappa shape index (κ2) is 9.18. The van der Waals surface area contributed by atoms with Crippen molar-refractivity contribution in [3.05, 3.63) is 69.6 Å². The highest BCUT2D eigenvalue weighted by atomic mass is 35.5. The van der Waals surface area contributed by atoms with E-state index in [2.05, 4.69) is 0 Å². The molecule has 0 aliphatic carbocycles. The Morgan fingerprint density at radius 3 is 2.42 bits per heavy atom. The summed E-state index contributed by atoms with van der Waals surface area (Å²) in [6.07, 6.45) is -1.15. The Bertz CT molecular complexity index is 1140. The fourth-order valence-corrected chi connectivity index (χ4v) is 3.72. The number of aliphatic hydroxyl groups is 1. The summed E-state index contributed by atoms with van der Waals surface area (Å²) < 4.78 is 21.1. The zero-order chi connectivity index (χ0) is 22.9. The molecule has 0 bridgehead atoms. The van der Waals surface area contributed by atoms with E-state index in [9.17, 15) is 19.1 Å². The Kier molecular flexibility index (Phi) is 6.79. The summed E-state index contributed by atoms with van der Waals surface area (Å²) in [6.45, 7) is 1.78. The average Bonchev–Trinajstić information content (AvgIpc) is 2.98. The third-order valence-electron chi connectivity index (χ3n) is 5.06. The van der Waals surface area contributed by atoms with Crippen LogP contribution >= 0.6 is 11.6 Å². The number of aliphatic hydroxyl groups excluding tert-OH is 1. The molecule has 3 rings (SSSR count). The number of esters is 1. The number of nitrogens with zero attached hydrogens (tertiary/aromatic N) is 2. The molecule has 1 atom stereocenters. The van der Waals surface area contributed by atoms with Gasteiger partial charge in [0.1, 0.15) is 5.82 Å². The van der Waals surface area contributed by atoms with Gasteiger partial charge in [0, 0.05) is 33.8 Å². The van der Waals surface area contributed by atoms with Crippen molar-refractivity contribution >= 4 is 34.4 Å². The molecule has 0 aliphatic heterocycles. The summed E-state index contributed by atoms with van der Waals surface area (Å²) in [5, 5.41) is 11.0. The fraction of sp³-hybridized carbons (Fsp3) is 0.304. The molecule has 2 aromatic carbocycles. The van der Waals surface area contributed by atoms with Gasteiger partial charge in [0.25, 0.3) is 5.91 Å². The van der Waals surface area contributed by atoms with Crippen LogP contribution in [0.1, 0.15) is 40.2 Å². The monoisotopic (exact) mass is 446 g/mol. The van der Waals surface area contributed by atoms with Gasteiger partial charge in [-0.15, -0.1) is 0 Å². The van der Waals surface area contributed by atoms with Gasteiger partial charge in [-0.2, -0.15) is 0 Å². The minimum Gasteiger partial charge on any atom is -0.469 e. The Labute approximate surface area is 184 Å². The van der Waals surface area contributed by atoms with Gasteiger partial charge in [-0.3, -0.25) is 14.2 Å². The number of rotatable bonds is 6. The molecule has 0 aliphatic rings. The van der Waals surface area contributed by atoms with Crippen molar-refractivity contribution in [2.45, 2.75) is 26.0 Å². The van der Waals surface area contributed by atoms with Crippen LogP contribution in [0.2, 0.25) is 5.02 Å². The van der Waals surface area contributed by atoms with Gasteiger partial charge in [0.05, 0.1) is 25.2 Å². The first kappa shape index (κ1) is 22.9. The Hall–Kier alpha value is -2.74. The largest absolute Gasteiger partial charge is 0.469 e. The van der Waals surface area contributed by atoms with Crippen molar-refractivity contribution < 1.29 is 23.8 Å². The lowest BCUT2D eigenvalue weighted by molar-refractivity contribution is -0.139. The number of carbonyl (C=O) groups is 2. The van der Waals surface area contributed by atoms with Gasteiger partial charge in [-0.1, -0.05) is 11.6 Å². The zero-order valence-corrected chi connectivity index (χ0v) is 18.5. The number of methoxy groups -OCH3 is 1. The van der Waals surface area contributed by atoms with Crippen LogP contribution < -0.4 is 0 Å². The van der Waals surface area contributed by atoms with E-state index in [0.717, 1.165) is 0 Å². The maximum Gasteiger partial charge on any atom is 0.310 e. The smallest absolute Gasteiger partial charge is 0.310 e. The minimum absolute atomic E-state index is 0.0890. The Morgan fingerprint density at radius 1 is 1.23 bits per heavy atom. The second-order valence-electron chi connectivity index (χ2n) is 7.63. The lowest BCUT2D eigenvalue weighted by Crippen LogP contribution is -2.21. The first-order valence-electron chi connectivity index (χ1n) is 9.69. The van der Waals surface area contributed by atoms with Crippen LogP contribution in [0.5, 0.6) is 0 Å². The highest BCUT2D eigenvalue weighted by Gasteiger charge is 2.26. The minimum atomic E-state index is -1.05. The molecule has 164 valence electrons. The van der Waals surface area contributed by atoms with E-state index in [1.165, 1.54) is 30.7 Å². The van der Waals surface area contributed by atoms with Crippen LogP contribution in [0.3, 0.4) is 0 Å². The van der Waals surface area contributed by atoms with Gasteiger partial charge in [-0.05, 0) is 63.0 Å². The maximum atomic E-state index is 14.8. The quantitative estimate of drug-likeness (QED) is 0.580. The van der Waals surface area contributed by atoms with Crippen LogP contribution in [-0.4, -0.2) is 47.7 Å². The van der Waals surface area contributed by atoms with Crippen LogP contribution in [0.25, 0.3) is 10.9 Å². The number of hydrogen-bond donors (Lipinski definition) is 1. The molecule has 0 spiro atoms. The van der Waals surface area contributed by atoms with Crippen LogP contribution in [0.4, 0.5) is 4.39 Å². The number of benzene rings is 2. The molecular formula is C23H24ClFN2O4. The summed E-state index contributed by atoms with van der Waals surface area (Å²) in [4.78, 5) is 27.5. The van der Waals surface area contributed by atoms with Crippen LogP contribution in [0.15, 0.2) is 36.4 Å². The number of halogens is 2. The summed E-state index contributed by atoms with van der Waals surface area (Å²) >= 11 is 5.95. The molecule has 1 heterocycles. The summed E-state index contributed by atoms with van der Waals surface area (Å²) in [6, 6.07) is 9.12. The molecule has 0 fully saturated rings. The predicted molar refractivity (Wildman–Crippen MR) is 117 cm³/mol. The molecule has 0 radical (unpaired) electrons. The summed E-state index contributed by atoms with van der Waals surface area (Å²) in [7, 11) is 4.95. The number of fused-ring (bicyclic) bond motifs is 1. The van der Waals surface area contributed by atoms with Gasteiger partial charge in [0.2, 0.25) is 0 Å². The highest BCUT2D eigenvalue weighted by Crippen LogP contribution is 2.33. The van der Waals surface area contributed by atoms with Crippen molar-refractivity contribution in [2.75, 3.05) is 21.2 Å². The second-order valence-corrected chi connectivity index (χ2v) is 8.07. The molecule has 0 saturated heterocycles. The molecule has 6 nitrogen and oxygen atoms in total. The number of hydrogen-bond acceptors (Lipinski definition) is 5. The standard InChI is InChI=1S/C23H24ClFN2O4/c1-13(28)16-9-17-18(10-22(29)31-4)21(12-26(2)3)27(20(17)11-19(16)25)23(30)14-5-7-15(24)8-6-14/h5-9,11,13,28H,10,12H2,1-4H3. The SMILES string of the molecule is COC(=O)Cc1c(CN(C)C)n(C(=O)c2ccc(Cl)cc2)c2cc(F)c(C(C)O)cc12. The van der Waals surface area contributed by atoms with Gasteiger partial charge >= 0.3 is 5.97 Å². The molecule has 0 saturated carbocycles. The molecule has 8 heteroatoms. The van der Waals surface area contributed by atoms with E-state index in [4.69, 9.17) is 16.3 Å². The summed E-state index contributed by atoms with van der Waals surface area (Å²) in [5.41, 5.74) is 1.88. The van der Waals surface area contributed by atoms with Crippen molar-refractivity contribution in [2.24, 2.45) is 0 Å². The summed E-state index contributed by atoms with van der Waals surface area (Å²) in [5.74, 6) is -1.49. The van der Waals surface area contributed by atoms with Crippen molar-refractivity contribution in [1.82, 2.24) is 9.47 Å². The van der Waals surface area contributed by atoms with E-state index in [0.29, 0.717) is 39.3 Å². The highest BCUT2D eigenvalue weighted by molar-refractivity contribution is 6.30. The zero-order valence-electron chi connectivity index (χ0n) is 17.8. The lowest BCUT2D eigenvalue weighted by atomic mass is 10.0. The fourth-order valence-electron chi connectivity index (χ4n) is 3.60. The van der Waals surface area contributed by atoms with Crippen molar-refractivity contribution in [3.63, 3.8) is 0 Å². The number of ether oxygens (including phenoxy) is 1. The molecular weight excluding hydrogens is 423 g/mol. The van der Waals surface area contributed by atoms with Gasteiger partial charge < -0.3 is 14.7 Å². The van der Waals surface area contributed by atoms with E-state index in [1.54, 1.807) is 24.3 Å². The third-order valence-corrected chi connectivity index (χ3v) is 5.31. The van der Waals surface area contributed by atoms with Crippen molar-refractivity contribution in [3.8, 4) is 0 Å². The molecule has 0 amide bonds. The Balaban J connectivity index is 2.36. The molecule has 1 N–H and O–H groups in total. The normalized spacial score (nSPS) is 12.4. The molecule has 1 unspecified atom stereocenters. The van der Waals surface area contributed by atoms with Crippen LogP contribution in [0, 0.1) is 5.82 Å². The van der Waals surface area contributed by atoms with Gasteiger partial charge in [-0.25, -0.2) is 4.39 Å². The first-order valence-corrected chi connectivity index (χ1v) is 10.1. The van der Waals surface area contributed by atoms with E-state index in [-0.39, 0.29) is 17.9 Å². The number of carbonyl (C=O) groups excluding carboxylic acids is 2. The molecule has 1 aromatic heterocycles.